The average molecular weight is 405 g/mol. The number of pyridine rings is 1. The van der Waals surface area contributed by atoms with Crippen LogP contribution in [-0.2, 0) is 25.8 Å². The average Bonchev–Trinajstić information content (AvgIpc) is 3.27. The van der Waals surface area contributed by atoms with Gasteiger partial charge in [-0.3, -0.25) is 4.79 Å². The summed E-state index contributed by atoms with van der Waals surface area (Å²) in [6, 6.07) is 8.17. The molecule has 156 valence electrons. The Morgan fingerprint density at radius 1 is 1.07 bits per heavy atom. The molecule has 1 aliphatic heterocycles. The maximum absolute atomic E-state index is 12.9. The number of amides is 1. The van der Waals surface area contributed by atoms with Gasteiger partial charge in [-0.15, -0.1) is 0 Å². The molecule has 0 bridgehead atoms. The van der Waals surface area contributed by atoms with E-state index in [4.69, 9.17) is 14.7 Å². The second-order valence-corrected chi connectivity index (χ2v) is 8.36. The Labute approximate surface area is 176 Å². The van der Waals surface area contributed by atoms with Gasteiger partial charge in [-0.25, -0.2) is 9.97 Å². The van der Waals surface area contributed by atoms with Crippen molar-refractivity contribution >= 4 is 17.1 Å². The molecule has 3 aromatic rings. The van der Waals surface area contributed by atoms with Gasteiger partial charge in [-0.05, 0) is 68.4 Å². The zero-order valence-electron chi connectivity index (χ0n) is 17.5. The molecule has 0 radical (unpaired) electrons. The molecular formula is C24H28N4O2. The predicted octanol–water partition coefficient (Wildman–Crippen LogP) is 3.76. The normalized spacial score (nSPS) is 15.5. The van der Waals surface area contributed by atoms with Crippen LogP contribution in [-0.4, -0.2) is 33.6 Å². The number of rotatable bonds is 5. The first kappa shape index (κ1) is 19.1. The fourth-order valence-corrected chi connectivity index (χ4v) is 4.66. The van der Waals surface area contributed by atoms with E-state index < -0.39 is 0 Å². The Kier molecular flexibility index (Phi) is 5.15. The molecule has 1 aromatic carbocycles. The molecule has 30 heavy (non-hydrogen) atoms. The second-order valence-electron chi connectivity index (χ2n) is 8.36. The van der Waals surface area contributed by atoms with Gasteiger partial charge in [-0.2, -0.15) is 0 Å². The van der Waals surface area contributed by atoms with Crippen molar-refractivity contribution < 1.29 is 9.53 Å². The Morgan fingerprint density at radius 3 is 2.90 bits per heavy atom. The van der Waals surface area contributed by atoms with Crippen molar-refractivity contribution in [3.63, 3.8) is 0 Å². The highest BCUT2D eigenvalue weighted by atomic mass is 16.5. The Hall–Kier alpha value is -2.89. The van der Waals surface area contributed by atoms with Gasteiger partial charge in [0.05, 0.1) is 12.1 Å². The third-order valence-electron chi connectivity index (χ3n) is 6.16. The number of nitrogens with one attached hydrogen (secondary N) is 1. The van der Waals surface area contributed by atoms with Gasteiger partial charge in [0.1, 0.15) is 23.7 Å². The smallest absolute Gasteiger partial charge is 0.253 e. The van der Waals surface area contributed by atoms with Crippen LogP contribution < -0.4 is 10.1 Å². The summed E-state index contributed by atoms with van der Waals surface area (Å²) in [5.74, 6) is 1.82. The van der Waals surface area contributed by atoms with Gasteiger partial charge in [0.2, 0.25) is 0 Å². The first-order valence-corrected chi connectivity index (χ1v) is 11.1. The lowest BCUT2D eigenvalue weighted by Crippen LogP contribution is -2.28. The molecule has 1 aliphatic carbocycles. The SMILES string of the molecule is Cc1cc(C(=O)NCCOc2ccc3c(c2)CCC3)c2nc3n(c2n1)CCCCC3. The highest BCUT2D eigenvalue weighted by Gasteiger charge is 2.20. The molecule has 0 atom stereocenters. The molecule has 0 spiro atoms. The summed E-state index contributed by atoms with van der Waals surface area (Å²) in [6.07, 6.45) is 7.98. The number of hydrogen-bond acceptors (Lipinski definition) is 4. The van der Waals surface area contributed by atoms with Crippen LogP contribution in [0.1, 0.15) is 58.7 Å². The second kappa shape index (κ2) is 8.09. The number of imidazole rings is 1. The van der Waals surface area contributed by atoms with E-state index >= 15 is 0 Å². The molecule has 0 fully saturated rings. The fraction of sp³-hybridized carbons (Fsp3) is 0.458. The molecule has 1 N–H and O–H groups in total. The van der Waals surface area contributed by atoms with Crippen molar-refractivity contribution in [2.24, 2.45) is 0 Å². The van der Waals surface area contributed by atoms with Crippen molar-refractivity contribution in [3.05, 3.63) is 52.5 Å². The highest BCUT2D eigenvalue weighted by Crippen LogP contribution is 2.26. The molecule has 0 saturated carbocycles. The molecule has 6 heteroatoms. The van der Waals surface area contributed by atoms with Crippen molar-refractivity contribution in [1.82, 2.24) is 19.9 Å². The molecule has 3 heterocycles. The van der Waals surface area contributed by atoms with Gasteiger partial charge in [-0.1, -0.05) is 12.5 Å². The third-order valence-corrected chi connectivity index (χ3v) is 6.16. The lowest BCUT2D eigenvalue weighted by atomic mass is 10.1. The first-order chi connectivity index (χ1) is 14.7. The largest absolute Gasteiger partial charge is 0.492 e. The monoisotopic (exact) mass is 404 g/mol. The lowest BCUT2D eigenvalue weighted by molar-refractivity contribution is 0.0948. The van der Waals surface area contributed by atoms with E-state index in [-0.39, 0.29) is 5.91 Å². The van der Waals surface area contributed by atoms with E-state index in [1.165, 1.54) is 30.4 Å². The lowest BCUT2D eigenvalue weighted by Gasteiger charge is -2.10. The minimum Gasteiger partial charge on any atom is -0.492 e. The summed E-state index contributed by atoms with van der Waals surface area (Å²) in [5, 5.41) is 2.99. The predicted molar refractivity (Wildman–Crippen MR) is 116 cm³/mol. The van der Waals surface area contributed by atoms with Crippen molar-refractivity contribution in [3.8, 4) is 5.75 Å². The van der Waals surface area contributed by atoms with Crippen molar-refractivity contribution in [2.45, 2.75) is 58.4 Å². The Morgan fingerprint density at radius 2 is 1.97 bits per heavy atom. The van der Waals surface area contributed by atoms with Gasteiger partial charge >= 0.3 is 0 Å². The Balaban J connectivity index is 1.27. The third kappa shape index (κ3) is 3.66. The van der Waals surface area contributed by atoms with Crippen LogP contribution in [0.5, 0.6) is 5.75 Å². The number of ether oxygens (including phenoxy) is 1. The summed E-state index contributed by atoms with van der Waals surface area (Å²) >= 11 is 0. The van der Waals surface area contributed by atoms with Crippen LogP contribution in [0.4, 0.5) is 0 Å². The summed E-state index contributed by atoms with van der Waals surface area (Å²) in [5.41, 5.74) is 5.84. The van der Waals surface area contributed by atoms with Crippen LogP contribution >= 0.6 is 0 Å². The van der Waals surface area contributed by atoms with E-state index in [2.05, 4.69) is 22.0 Å². The van der Waals surface area contributed by atoms with E-state index in [9.17, 15) is 4.79 Å². The summed E-state index contributed by atoms with van der Waals surface area (Å²) in [4.78, 5) is 22.4. The van der Waals surface area contributed by atoms with Crippen LogP contribution in [0.15, 0.2) is 24.3 Å². The first-order valence-electron chi connectivity index (χ1n) is 11.1. The minimum absolute atomic E-state index is 0.115. The summed E-state index contributed by atoms with van der Waals surface area (Å²) in [7, 11) is 0. The van der Waals surface area contributed by atoms with E-state index in [0.29, 0.717) is 18.7 Å². The van der Waals surface area contributed by atoms with Crippen LogP contribution in [0, 0.1) is 6.92 Å². The number of aromatic nitrogens is 3. The molecule has 2 aromatic heterocycles. The van der Waals surface area contributed by atoms with Crippen molar-refractivity contribution in [1.29, 1.82) is 0 Å². The summed E-state index contributed by atoms with van der Waals surface area (Å²) in [6.45, 7) is 3.76. The van der Waals surface area contributed by atoms with Crippen LogP contribution in [0.25, 0.3) is 11.2 Å². The van der Waals surface area contributed by atoms with E-state index in [1.54, 1.807) is 0 Å². The molecular weight excluding hydrogens is 376 g/mol. The zero-order valence-corrected chi connectivity index (χ0v) is 17.5. The molecule has 6 nitrogen and oxygen atoms in total. The molecule has 0 saturated heterocycles. The van der Waals surface area contributed by atoms with Crippen LogP contribution in [0.2, 0.25) is 0 Å². The highest BCUT2D eigenvalue weighted by molar-refractivity contribution is 6.04. The topological polar surface area (TPSA) is 69.0 Å². The Bertz CT molecular complexity index is 1100. The van der Waals surface area contributed by atoms with E-state index in [0.717, 1.165) is 60.7 Å². The number of fused-ring (bicyclic) bond motifs is 4. The maximum Gasteiger partial charge on any atom is 0.253 e. The minimum atomic E-state index is -0.115. The zero-order chi connectivity index (χ0) is 20.5. The molecule has 5 rings (SSSR count). The fourth-order valence-electron chi connectivity index (χ4n) is 4.66. The molecule has 2 aliphatic rings. The molecule has 1 amide bonds. The standard InChI is InChI=1S/C24H28N4O2/c1-16-14-20(22-23(26-16)28-12-4-2-3-8-21(28)27-22)24(29)25-11-13-30-19-10-9-17-6-5-7-18(17)15-19/h9-10,14-15H,2-8,11-13H2,1H3,(H,25,29). The number of carbonyl (C=O) groups excluding carboxylic acids is 1. The molecule has 0 unspecified atom stereocenters. The van der Waals surface area contributed by atoms with Crippen molar-refractivity contribution in [2.75, 3.05) is 13.2 Å². The van der Waals surface area contributed by atoms with Gasteiger partial charge in [0.25, 0.3) is 5.91 Å². The van der Waals surface area contributed by atoms with Gasteiger partial charge < -0.3 is 14.6 Å². The number of aryl methyl sites for hydroxylation is 5. The number of carbonyl (C=O) groups is 1. The number of nitrogens with zero attached hydrogens (tertiary/aromatic N) is 3. The maximum atomic E-state index is 12.9. The van der Waals surface area contributed by atoms with E-state index in [1.807, 2.05) is 19.1 Å². The summed E-state index contributed by atoms with van der Waals surface area (Å²) < 4.78 is 8.06. The van der Waals surface area contributed by atoms with Gasteiger partial charge in [0.15, 0.2) is 5.65 Å². The number of hydrogen-bond donors (Lipinski definition) is 1. The van der Waals surface area contributed by atoms with Crippen LogP contribution in [0.3, 0.4) is 0 Å². The quantitative estimate of drug-likeness (QED) is 0.658. The number of benzene rings is 1. The van der Waals surface area contributed by atoms with Gasteiger partial charge in [0, 0.05) is 18.7 Å².